The van der Waals surface area contributed by atoms with Gasteiger partial charge in [-0.3, -0.25) is 4.79 Å². The third-order valence-corrected chi connectivity index (χ3v) is 4.73. The first-order chi connectivity index (χ1) is 8.50. The molecule has 4 heteroatoms. The summed E-state index contributed by atoms with van der Waals surface area (Å²) in [7, 11) is 1.58. The van der Waals surface area contributed by atoms with E-state index in [1.807, 2.05) is 6.92 Å². The Morgan fingerprint density at radius 2 is 2.17 bits per heavy atom. The lowest BCUT2D eigenvalue weighted by molar-refractivity contribution is -0.144. The van der Waals surface area contributed by atoms with Crippen molar-refractivity contribution >= 4 is 11.7 Å². The molecule has 3 fully saturated rings. The smallest absolute Gasteiger partial charge is 0.306 e. The minimum atomic E-state index is -0.120. The fraction of sp³-hybridized carbons (Fsp3) is 0.857. The van der Waals surface area contributed by atoms with Gasteiger partial charge < -0.3 is 9.57 Å². The summed E-state index contributed by atoms with van der Waals surface area (Å²) in [4.78, 5) is 16.6. The standard InChI is InChI=1S/C14H23NO3/c1-5-18-12(16)7-9-6-10-8-11(14(10,2)3)13(9)15-17-4/h9-11H,5-8H2,1-4H3/t9?,10-,11-/m0/s1. The maximum atomic E-state index is 11.6. The highest BCUT2D eigenvalue weighted by Gasteiger charge is 2.56. The molecule has 102 valence electrons. The molecule has 3 atom stereocenters. The molecule has 3 saturated carbocycles. The van der Waals surface area contributed by atoms with Crippen LogP contribution in [0, 0.1) is 23.2 Å². The zero-order chi connectivity index (χ0) is 13.3. The van der Waals surface area contributed by atoms with Gasteiger partial charge in [0.25, 0.3) is 0 Å². The molecule has 0 saturated heterocycles. The Morgan fingerprint density at radius 3 is 2.72 bits per heavy atom. The minimum absolute atomic E-state index is 0.120. The molecule has 1 unspecified atom stereocenters. The van der Waals surface area contributed by atoms with Crippen LogP contribution in [0.1, 0.15) is 40.0 Å². The summed E-state index contributed by atoms with van der Waals surface area (Å²) in [5.41, 5.74) is 1.38. The van der Waals surface area contributed by atoms with Crippen LogP contribution < -0.4 is 0 Å². The topological polar surface area (TPSA) is 47.9 Å². The molecule has 0 aromatic heterocycles. The average Bonchev–Trinajstić information content (AvgIpc) is 2.31. The molecule has 4 nitrogen and oxygen atoms in total. The van der Waals surface area contributed by atoms with Crippen LogP contribution >= 0.6 is 0 Å². The van der Waals surface area contributed by atoms with Crippen LogP contribution in [0.25, 0.3) is 0 Å². The maximum absolute atomic E-state index is 11.6. The van der Waals surface area contributed by atoms with E-state index in [-0.39, 0.29) is 11.9 Å². The van der Waals surface area contributed by atoms with Crippen LogP contribution in [0.4, 0.5) is 0 Å². The van der Waals surface area contributed by atoms with Crippen molar-refractivity contribution in [3.05, 3.63) is 0 Å². The van der Waals surface area contributed by atoms with E-state index in [1.165, 1.54) is 6.42 Å². The second-order valence-electron chi connectivity index (χ2n) is 5.95. The molecule has 2 bridgehead atoms. The van der Waals surface area contributed by atoms with Gasteiger partial charge in [0.05, 0.1) is 18.7 Å². The summed E-state index contributed by atoms with van der Waals surface area (Å²) in [5, 5.41) is 4.20. The van der Waals surface area contributed by atoms with Gasteiger partial charge in [-0.25, -0.2) is 0 Å². The van der Waals surface area contributed by atoms with Crippen molar-refractivity contribution in [3.63, 3.8) is 0 Å². The van der Waals surface area contributed by atoms with Gasteiger partial charge in [0.15, 0.2) is 0 Å². The van der Waals surface area contributed by atoms with E-state index in [0.717, 1.165) is 12.1 Å². The number of oxime groups is 1. The number of carbonyl (C=O) groups is 1. The van der Waals surface area contributed by atoms with Crippen molar-refractivity contribution in [1.29, 1.82) is 0 Å². The van der Waals surface area contributed by atoms with Gasteiger partial charge in [-0.2, -0.15) is 0 Å². The van der Waals surface area contributed by atoms with Gasteiger partial charge in [-0.05, 0) is 31.1 Å². The Morgan fingerprint density at radius 1 is 1.44 bits per heavy atom. The van der Waals surface area contributed by atoms with Gasteiger partial charge in [-0.1, -0.05) is 19.0 Å². The van der Waals surface area contributed by atoms with E-state index >= 15 is 0 Å². The second kappa shape index (κ2) is 4.90. The zero-order valence-electron chi connectivity index (χ0n) is 11.7. The molecule has 18 heavy (non-hydrogen) atoms. The summed E-state index contributed by atoms with van der Waals surface area (Å²) < 4.78 is 5.04. The summed E-state index contributed by atoms with van der Waals surface area (Å²) >= 11 is 0. The molecule has 0 N–H and O–H groups in total. The van der Waals surface area contributed by atoms with Gasteiger partial charge >= 0.3 is 5.97 Å². The van der Waals surface area contributed by atoms with Crippen molar-refractivity contribution in [2.24, 2.45) is 28.3 Å². The molecule has 0 aliphatic heterocycles. The SMILES string of the molecule is CCOC(=O)CC1C[C@H]2C[C@@H](C1=NOC)C2(C)C. The van der Waals surface area contributed by atoms with Crippen LogP contribution in [-0.2, 0) is 14.4 Å². The number of rotatable bonds is 4. The highest BCUT2D eigenvalue weighted by atomic mass is 16.6. The number of fused-ring (bicyclic) bond motifs is 2. The molecule has 3 rings (SSSR count). The van der Waals surface area contributed by atoms with Crippen LogP contribution in [0.15, 0.2) is 5.16 Å². The lowest BCUT2D eigenvalue weighted by Gasteiger charge is -2.58. The molecular formula is C14H23NO3. The van der Waals surface area contributed by atoms with Crippen LogP contribution in [-0.4, -0.2) is 25.4 Å². The summed E-state index contributed by atoms with van der Waals surface area (Å²) in [6.07, 6.45) is 2.66. The number of carbonyl (C=O) groups excluding carboxylic acids is 1. The maximum Gasteiger partial charge on any atom is 0.306 e. The monoisotopic (exact) mass is 253 g/mol. The summed E-state index contributed by atoms with van der Waals surface area (Å²) in [6, 6.07) is 0. The van der Waals surface area contributed by atoms with E-state index in [1.54, 1.807) is 7.11 Å². The van der Waals surface area contributed by atoms with E-state index in [9.17, 15) is 4.79 Å². The molecule has 0 spiro atoms. The van der Waals surface area contributed by atoms with E-state index in [2.05, 4.69) is 19.0 Å². The number of ether oxygens (including phenoxy) is 1. The lowest BCUT2D eigenvalue weighted by atomic mass is 9.46. The Balaban J connectivity index is 2.08. The average molecular weight is 253 g/mol. The zero-order valence-corrected chi connectivity index (χ0v) is 11.7. The third kappa shape index (κ3) is 2.13. The largest absolute Gasteiger partial charge is 0.466 e. The number of nitrogens with zero attached hydrogens (tertiary/aromatic N) is 1. The minimum Gasteiger partial charge on any atom is -0.466 e. The van der Waals surface area contributed by atoms with E-state index in [0.29, 0.717) is 30.3 Å². The molecule has 0 aromatic rings. The first-order valence-electron chi connectivity index (χ1n) is 6.77. The molecule has 0 amide bonds. The van der Waals surface area contributed by atoms with Crippen molar-refractivity contribution in [2.75, 3.05) is 13.7 Å². The highest BCUT2D eigenvalue weighted by Crippen LogP contribution is 2.59. The van der Waals surface area contributed by atoms with Gasteiger partial charge in [-0.15, -0.1) is 0 Å². The molecule has 0 aromatic carbocycles. The lowest BCUT2D eigenvalue weighted by Crippen LogP contribution is -2.56. The fourth-order valence-electron chi connectivity index (χ4n) is 3.52. The summed E-state index contributed by atoms with van der Waals surface area (Å²) in [5.74, 6) is 1.26. The number of hydrogen-bond donors (Lipinski definition) is 0. The fourth-order valence-corrected chi connectivity index (χ4v) is 3.52. The third-order valence-electron chi connectivity index (χ3n) is 4.73. The highest BCUT2D eigenvalue weighted by molar-refractivity contribution is 5.94. The molecule has 0 heterocycles. The second-order valence-corrected chi connectivity index (χ2v) is 5.95. The normalized spacial score (nSPS) is 34.9. The molecule has 3 aliphatic carbocycles. The van der Waals surface area contributed by atoms with Gasteiger partial charge in [0.1, 0.15) is 7.11 Å². The van der Waals surface area contributed by atoms with Crippen molar-refractivity contribution in [1.82, 2.24) is 0 Å². The van der Waals surface area contributed by atoms with Crippen molar-refractivity contribution in [2.45, 2.75) is 40.0 Å². The van der Waals surface area contributed by atoms with E-state index in [4.69, 9.17) is 9.57 Å². The predicted molar refractivity (Wildman–Crippen MR) is 69.2 cm³/mol. The Labute approximate surface area is 109 Å². The van der Waals surface area contributed by atoms with Crippen molar-refractivity contribution in [3.8, 4) is 0 Å². The van der Waals surface area contributed by atoms with Crippen molar-refractivity contribution < 1.29 is 14.4 Å². The van der Waals surface area contributed by atoms with Crippen LogP contribution in [0.2, 0.25) is 0 Å². The van der Waals surface area contributed by atoms with Crippen LogP contribution in [0.3, 0.4) is 0 Å². The Hall–Kier alpha value is -1.06. The van der Waals surface area contributed by atoms with Gasteiger partial charge in [0, 0.05) is 11.8 Å². The Kier molecular flexibility index (Phi) is 3.64. The predicted octanol–water partition coefficient (Wildman–Crippen LogP) is 2.62. The quantitative estimate of drug-likeness (QED) is 0.571. The first kappa shape index (κ1) is 13.4. The molecular weight excluding hydrogens is 230 g/mol. The number of esters is 1. The molecule has 0 radical (unpaired) electrons. The first-order valence-corrected chi connectivity index (χ1v) is 6.77. The van der Waals surface area contributed by atoms with Crippen LogP contribution in [0.5, 0.6) is 0 Å². The molecule has 3 aliphatic rings. The summed E-state index contributed by atoms with van der Waals surface area (Å²) in [6.45, 7) is 6.86. The Bertz CT molecular complexity index is 362. The number of hydrogen-bond acceptors (Lipinski definition) is 4. The van der Waals surface area contributed by atoms with E-state index < -0.39 is 0 Å². The van der Waals surface area contributed by atoms with Gasteiger partial charge in [0.2, 0.25) is 0 Å².